The Labute approximate surface area is 75.8 Å². The molecule has 0 unspecified atom stereocenters. The van der Waals surface area contributed by atoms with Crippen molar-refractivity contribution in [2.75, 3.05) is 0 Å². The highest BCUT2D eigenvalue weighted by Crippen LogP contribution is 2.35. The summed E-state index contributed by atoms with van der Waals surface area (Å²) in [7, 11) is 0. The van der Waals surface area contributed by atoms with Gasteiger partial charge in [-0.3, -0.25) is 0 Å². The zero-order valence-corrected chi connectivity index (χ0v) is 7.84. The summed E-state index contributed by atoms with van der Waals surface area (Å²) in [5.74, 6) is 0.855. The van der Waals surface area contributed by atoms with E-state index in [-0.39, 0.29) is 0 Å². The molecule has 57 valence electrons. The molecule has 1 aromatic carbocycles. The third kappa shape index (κ3) is 1.84. The topological polar surface area (TPSA) is 0 Å². The van der Waals surface area contributed by atoms with Gasteiger partial charge in [0.15, 0.2) is 0 Å². The molecule has 0 amide bonds. The molecule has 1 aliphatic carbocycles. The first-order chi connectivity index (χ1) is 5.36. The lowest BCUT2D eigenvalue weighted by atomic mass is 10.1. The Balaban J connectivity index is 2.15. The Morgan fingerprint density at radius 1 is 1.27 bits per heavy atom. The van der Waals surface area contributed by atoms with Gasteiger partial charge in [-0.25, -0.2) is 0 Å². The van der Waals surface area contributed by atoms with Crippen LogP contribution in [0.5, 0.6) is 0 Å². The van der Waals surface area contributed by atoms with Crippen LogP contribution in [0.2, 0.25) is 0 Å². The summed E-state index contributed by atoms with van der Waals surface area (Å²) in [6, 6.07) is 8.38. The van der Waals surface area contributed by atoms with E-state index >= 15 is 0 Å². The van der Waals surface area contributed by atoms with E-state index in [9.17, 15) is 0 Å². The van der Waals surface area contributed by atoms with E-state index in [2.05, 4.69) is 40.5 Å². The number of rotatable bonds is 2. The van der Waals surface area contributed by atoms with Gasteiger partial charge in [-0.15, -0.1) is 0 Å². The van der Waals surface area contributed by atoms with Crippen molar-refractivity contribution in [3.05, 3.63) is 40.7 Å². The summed E-state index contributed by atoms with van der Waals surface area (Å²) in [5, 5.41) is 0. The molecule has 11 heavy (non-hydrogen) atoms. The molecular formula is C10H10Br. The Morgan fingerprint density at radius 3 is 2.64 bits per heavy atom. The van der Waals surface area contributed by atoms with Crippen LogP contribution in [0.3, 0.4) is 0 Å². The van der Waals surface area contributed by atoms with E-state index in [1.807, 2.05) is 6.07 Å². The van der Waals surface area contributed by atoms with Crippen LogP contribution in [-0.4, -0.2) is 0 Å². The lowest BCUT2D eigenvalue weighted by Crippen LogP contribution is -1.83. The minimum absolute atomic E-state index is 0.855. The van der Waals surface area contributed by atoms with E-state index in [0.29, 0.717) is 0 Å². The maximum Gasteiger partial charge on any atom is 0.0210 e. The number of halogens is 1. The first-order valence-electron chi connectivity index (χ1n) is 3.95. The van der Waals surface area contributed by atoms with E-state index in [4.69, 9.17) is 0 Å². The molecule has 1 aliphatic rings. The molecule has 0 bridgehead atoms. The first kappa shape index (κ1) is 7.35. The third-order valence-electron chi connectivity index (χ3n) is 1.94. The highest BCUT2D eigenvalue weighted by Gasteiger charge is 2.22. The smallest absolute Gasteiger partial charge is 0.0210 e. The molecular weight excluding hydrogens is 200 g/mol. The van der Waals surface area contributed by atoms with Crippen LogP contribution in [0.25, 0.3) is 0 Å². The fraction of sp³-hybridized carbons (Fsp3) is 0.300. The number of hydrogen-bond donors (Lipinski definition) is 0. The van der Waals surface area contributed by atoms with E-state index in [1.54, 1.807) is 0 Å². The minimum atomic E-state index is 0.855. The summed E-state index contributed by atoms with van der Waals surface area (Å²) < 4.78 is 1.21. The molecule has 1 fully saturated rings. The van der Waals surface area contributed by atoms with Gasteiger partial charge < -0.3 is 0 Å². The molecule has 0 aliphatic heterocycles. The predicted octanol–water partition coefficient (Wildman–Crippen LogP) is 3.41. The summed E-state index contributed by atoms with van der Waals surface area (Å²) in [6.07, 6.45) is 5.10. The van der Waals surface area contributed by atoms with Gasteiger partial charge in [0.1, 0.15) is 0 Å². The van der Waals surface area contributed by atoms with Gasteiger partial charge in [-0.2, -0.15) is 0 Å². The average Bonchev–Trinajstić information content (AvgIpc) is 2.78. The van der Waals surface area contributed by atoms with Crippen LogP contribution in [0, 0.1) is 12.3 Å². The van der Waals surface area contributed by atoms with Crippen LogP contribution >= 0.6 is 15.9 Å². The third-order valence-corrected chi connectivity index (χ3v) is 2.66. The number of benzene rings is 1. The lowest BCUT2D eigenvalue weighted by molar-refractivity contribution is 1.02. The fourth-order valence-corrected chi connectivity index (χ4v) is 1.54. The summed E-state index contributed by atoms with van der Waals surface area (Å²) in [6.45, 7) is 0. The normalized spacial score (nSPS) is 16.8. The van der Waals surface area contributed by atoms with Gasteiger partial charge in [0, 0.05) is 4.47 Å². The largest absolute Gasteiger partial charge is 0.0619 e. The second-order valence-corrected chi connectivity index (χ2v) is 3.88. The zero-order valence-electron chi connectivity index (χ0n) is 6.26. The highest BCUT2D eigenvalue weighted by atomic mass is 79.9. The van der Waals surface area contributed by atoms with Gasteiger partial charge in [0.25, 0.3) is 0 Å². The minimum Gasteiger partial charge on any atom is -0.0619 e. The maximum absolute atomic E-state index is 3.52. The highest BCUT2D eigenvalue weighted by molar-refractivity contribution is 9.10. The van der Waals surface area contributed by atoms with Crippen molar-refractivity contribution in [2.45, 2.75) is 12.8 Å². The van der Waals surface area contributed by atoms with Gasteiger partial charge in [-0.05, 0) is 36.8 Å². The van der Waals surface area contributed by atoms with Crippen molar-refractivity contribution in [3.8, 4) is 0 Å². The Bertz CT molecular complexity index is 251. The van der Waals surface area contributed by atoms with Gasteiger partial charge in [0.2, 0.25) is 0 Å². The Kier molecular flexibility index (Phi) is 1.99. The molecule has 0 spiro atoms. The summed E-state index contributed by atoms with van der Waals surface area (Å²) in [4.78, 5) is 0. The van der Waals surface area contributed by atoms with E-state index in [0.717, 1.165) is 5.92 Å². The Morgan fingerprint density at radius 2 is 2.00 bits per heavy atom. The molecule has 0 aromatic heterocycles. The predicted molar refractivity (Wildman–Crippen MR) is 50.3 cm³/mol. The van der Waals surface area contributed by atoms with Gasteiger partial charge in [-0.1, -0.05) is 34.1 Å². The SMILES string of the molecule is Brc1ccccc1[CH]C1CC1. The standard InChI is InChI=1S/C10H10Br/c11-10-4-2-1-3-9(10)7-8-5-6-8/h1-4,7-8H,5-6H2. The molecule has 1 saturated carbocycles. The molecule has 1 aromatic rings. The lowest BCUT2D eigenvalue weighted by Gasteiger charge is -2.00. The molecule has 0 heterocycles. The second-order valence-electron chi connectivity index (χ2n) is 3.03. The van der Waals surface area contributed by atoms with Gasteiger partial charge >= 0.3 is 0 Å². The van der Waals surface area contributed by atoms with Crippen molar-refractivity contribution in [3.63, 3.8) is 0 Å². The maximum atomic E-state index is 3.52. The summed E-state index contributed by atoms with van der Waals surface area (Å²) in [5.41, 5.74) is 1.34. The molecule has 2 rings (SSSR count). The fourth-order valence-electron chi connectivity index (χ4n) is 1.13. The molecule has 0 nitrogen and oxygen atoms in total. The van der Waals surface area contributed by atoms with E-state index in [1.165, 1.54) is 22.9 Å². The zero-order chi connectivity index (χ0) is 7.68. The van der Waals surface area contributed by atoms with Crippen LogP contribution in [0.1, 0.15) is 18.4 Å². The van der Waals surface area contributed by atoms with Crippen LogP contribution in [0.4, 0.5) is 0 Å². The van der Waals surface area contributed by atoms with Crippen molar-refractivity contribution < 1.29 is 0 Å². The second kappa shape index (κ2) is 2.98. The molecule has 0 atom stereocenters. The molecule has 1 heteroatoms. The molecule has 0 saturated heterocycles. The van der Waals surface area contributed by atoms with Crippen molar-refractivity contribution in [2.24, 2.45) is 5.92 Å². The van der Waals surface area contributed by atoms with Crippen molar-refractivity contribution >= 4 is 15.9 Å². The molecule has 0 N–H and O–H groups in total. The summed E-state index contributed by atoms with van der Waals surface area (Å²) >= 11 is 3.52. The average molecular weight is 210 g/mol. The van der Waals surface area contributed by atoms with Crippen LogP contribution < -0.4 is 0 Å². The van der Waals surface area contributed by atoms with Crippen LogP contribution in [0.15, 0.2) is 28.7 Å². The van der Waals surface area contributed by atoms with Crippen LogP contribution in [-0.2, 0) is 0 Å². The van der Waals surface area contributed by atoms with Crippen molar-refractivity contribution in [1.82, 2.24) is 0 Å². The Hall–Kier alpha value is -0.300. The van der Waals surface area contributed by atoms with E-state index < -0.39 is 0 Å². The molecule has 1 radical (unpaired) electrons. The monoisotopic (exact) mass is 209 g/mol. The van der Waals surface area contributed by atoms with Crippen molar-refractivity contribution in [1.29, 1.82) is 0 Å². The number of hydrogen-bond acceptors (Lipinski definition) is 0. The first-order valence-corrected chi connectivity index (χ1v) is 4.75. The van der Waals surface area contributed by atoms with Gasteiger partial charge in [0.05, 0.1) is 0 Å². The quantitative estimate of drug-likeness (QED) is 0.701.